The van der Waals surface area contributed by atoms with Gasteiger partial charge in [-0.05, 0) is 25.5 Å². The Balaban J connectivity index is 2.04. The first-order valence-electron chi connectivity index (χ1n) is 6.59. The summed E-state index contributed by atoms with van der Waals surface area (Å²) in [4.78, 5) is 38.5. The van der Waals surface area contributed by atoms with E-state index in [2.05, 4.69) is 0 Å². The highest BCUT2D eigenvalue weighted by molar-refractivity contribution is 6.21. The van der Waals surface area contributed by atoms with Gasteiger partial charge in [-0.2, -0.15) is 0 Å². The molecule has 0 aliphatic carbocycles. The smallest absolute Gasteiger partial charge is 0.261 e. The quantitative estimate of drug-likeness (QED) is 0.781. The third-order valence-corrected chi connectivity index (χ3v) is 3.40. The molecule has 20 heavy (non-hydrogen) atoms. The molecule has 0 aromatic heterocycles. The third kappa shape index (κ3) is 2.57. The van der Waals surface area contributed by atoms with Crippen LogP contribution in [0.3, 0.4) is 0 Å². The van der Waals surface area contributed by atoms with Crippen molar-refractivity contribution in [3.8, 4) is 0 Å². The van der Waals surface area contributed by atoms with Crippen molar-refractivity contribution in [2.75, 3.05) is 20.6 Å². The molecule has 3 amide bonds. The Hall–Kier alpha value is -2.17. The number of hydrogen-bond donors (Lipinski definition) is 0. The summed E-state index contributed by atoms with van der Waals surface area (Å²) in [5.74, 6) is -0.522. The molecule has 0 bridgehead atoms. The van der Waals surface area contributed by atoms with Gasteiger partial charge in [0.15, 0.2) is 0 Å². The predicted octanol–water partition coefficient (Wildman–Crippen LogP) is 1.46. The maximum absolute atomic E-state index is 12.2. The van der Waals surface area contributed by atoms with E-state index >= 15 is 0 Å². The summed E-state index contributed by atoms with van der Waals surface area (Å²) in [6.07, 6.45) is 0.820. The molecule has 5 heteroatoms. The molecule has 1 aromatic carbocycles. The Morgan fingerprint density at radius 1 is 1.15 bits per heavy atom. The van der Waals surface area contributed by atoms with Crippen molar-refractivity contribution in [1.82, 2.24) is 9.80 Å². The monoisotopic (exact) mass is 274 g/mol. The number of nitrogens with zero attached hydrogens (tertiary/aromatic N) is 2. The van der Waals surface area contributed by atoms with Gasteiger partial charge < -0.3 is 4.90 Å². The van der Waals surface area contributed by atoms with Crippen LogP contribution in [0, 0.1) is 6.92 Å². The second-order valence-corrected chi connectivity index (χ2v) is 5.20. The van der Waals surface area contributed by atoms with E-state index in [1.165, 1.54) is 9.80 Å². The Kier molecular flexibility index (Phi) is 3.88. The molecule has 0 saturated carbocycles. The molecule has 0 saturated heterocycles. The topological polar surface area (TPSA) is 57.7 Å². The van der Waals surface area contributed by atoms with Gasteiger partial charge in [0.2, 0.25) is 5.91 Å². The lowest BCUT2D eigenvalue weighted by Gasteiger charge is -2.14. The second-order valence-electron chi connectivity index (χ2n) is 5.20. The van der Waals surface area contributed by atoms with E-state index in [1.807, 2.05) is 13.0 Å². The van der Waals surface area contributed by atoms with Gasteiger partial charge in [0.05, 0.1) is 11.1 Å². The minimum absolute atomic E-state index is 0.00236. The molecule has 5 nitrogen and oxygen atoms in total. The van der Waals surface area contributed by atoms with Crippen LogP contribution in [-0.4, -0.2) is 48.2 Å². The van der Waals surface area contributed by atoms with E-state index in [4.69, 9.17) is 0 Å². The molecule has 0 radical (unpaired) electrons. The summed E-state index contributed by atoms with van der Waals surface area (Å²) in [5.41, 5.74) is 1.88. The van der Waals surface area contributed by atoms with Gasteiger partial charge in [-0.15, -0.1) is 0 Å². The first-order chi connectivity index (χ1) is 9.41. The molecular formula is C15H18N2O3. The molecule has 0 spiro atoms. The van der Waals surface area contributed by atoms with E-state index in [0.717, 1.165) is 5.56 Å². The van der Waals surface area contributed by atoms with Crippen molar-refractivity contribution < 1.29 is 14.4 Å². The first-order valence-corrected chi connectivity index (χ1v) is 6.59. The number of hydrogen-bond acceptors (Lipinski definition) is 3. The average molecular weight is 274 g/mol. The zero-order chi connectivity index (χ0) is 14.9. The molecule has 0 N–H and O–H groups in total. The number of carbonyl (C=O) groups is 3. The van der Waals surface area contributed by atoms with Crippen LogP contribution in [0.4, 0.5) is 0 Å². The van der Waals surface area contributed by atoms with Gasteiger partial charge in [0.25, 0.3) is 11.8 Å². The Morgan fingerprint density at radius 3 is 2.45 bits per heavy atom. The second kappa shape index (κ2) is 5.45. The minimum Gasteiger partial charge on any atom is -0.349 e. The van der Waals surface area contributed by atoms with Crippen molar-refractivity contribution in [3.63, 3.8) is 0 Å². The molecule has 0 unspecified atom stereocenters. The lowest BCUT2D eigenvalue weighted by atomic mass is 10.1. The largest absolute Gasteiger partial charge is 0.349 e. The normalized spacial score (nSPS) is 13.7. The summed E-state index contributed by atoms with van der Waals surface area (Å²) >= 11 is 0. The van der Waals surface area contributed by atoms with E-state index in [-0.39, 0.29) is 24.3 Å². The van der Waals surface area contributed by atoms with Crippen LogP contribution < -0.4 is 0 Å². The fourth-order valence-electron chi connectivity index (χ4n) is 2.22. The molecule has 2 rings (SSSR count). The lowest BCUT2D eigenvalue weighted by Crippen LogP contribution is -2.31. The van der Waals surface area contributed by atoms with Crippen LogP contribution in [0.5, 0.6) is 0 Å². The molecule has 0 atom stereocenters. The van der Waals surface area contributed by atoms with Crippen LogP contribution in [0.15, 0.2) is 18.2 Å². The average Bonchev–Trinajstić information content (AvgIpc) is 2.63. The van der Waals surface area contributed by atoms with Crippen LogP contribution >= 0.6 is 0 Å². The van der Waals surface area contributed by atoms with Gasteiger partial charge in [-0.3, -0.25) is 19.3 Å². The van der Waals surface area contributed by atoms with Gasteiger partial charge in [-0.25, -0.2) is 0 Å². The molecule has 0 fully saturated rings. The standard InChI is InChI=1S/C15H18N2O3/c1-10-6-7-11-12(9-10)15(20)17(14(11)19)8-4-5-13(18)16(2)3/h6-7,9H,4-5,8H2,1-3H3. The molecule has 1 aliphatic heterocycles. The summed E-state index contributed by atoms with van der Waals surface area (Å²) < 4.78 is 0. The van der Waals surface area contributed by atoms with E-state index in [9.17, 15) is 14.4 Å². The highest BCUT2D eigenvalue weighted by atomic mass is 16.2. The van der Waals surface area contributed by atoms with Crippen molar-refractivity contribution >= 4 is 17.7 Å². The highest BCUT2D eigenvalue weighted by Gasteiger charge is 2.34. The van der Waals surface area contributed by atoms with E-state index in [1.54, 1.807) is 26.2 Å². The predicted molar refractivity (Wildman–Crippen MR) is 74.5 cm³/mol. The third-order valence-electron chi connectivity index (χ3n) is 3.40. The minimum atomic E-state index is -0.262. The number of fused-ring (bicyclic) bond motifs is 1. The first kappa shape index (κ1) is 14.2. The van der Waals surface area contributed by atoms with Crippen molar-refractivity contribution in [3.05, 3.63) is 34.9 Å². The molecule has 1 heterocycles. The highest BCUT2D eigenvalue weighted by Crippen LogP contribution is 2.24. The van der Waals surface area contributed by atoms with Gasteiger partial charge in [-0.1, -0.05) is 11.6 Å². The zero-order valence-corrected chi connectivity index (χ0v) is 12.0. The molecule has 1 aliphatic rings. The number of amides is 3. The Morgan fingerprint density at radius 2 is 1.80 bits per heavy atom. The van der Waals surface area contributed by atoms with Crippen molar-refractivity contribution in [2.45, 2.75) is 19.8 Å². The zero-order valence-electron chi connectivity index (χ0n) is 12.0. The van der Waals surface area contributed by atoms with Gasteiger partial charge >= 0.3 is 0 Å². The van der Waals surface area contributed by atoms with Crippen LogP contribution in [-0.2, 0) is 4.79 Å². The van der Waals surface area contributed by atoms with Gasteiger partial charge in [0, 0.05) is 27.1 Å². The summed E-state index contributed by atoms with van der Waals surface area (Å²) in [6, 6.07) is 5.25. The number of carbonyl (C=O) groups excluding carboxylic acids is 3. The van der Waals surface area contributed by atoms with E-state index < -0.39 is 0 Å². The fraction of sp³-hybridized carbons (Fsp3) is 0.400. The van der Waals surface area contributed by atoms with Crippen LogP contribution in [0.2, 0.25) is 0 Å². The lowest BCUT2D eigenvalue weighted by molar-refractivity contribution is -0.128. The maximum atomic E-state index is 12.2. The van der Waals surface area contributed by atoms with Crippen LogP contribution in [0.25, 0.3) is 0 Å². The maximum Gasteiger partial charge on any atom is 0.261 e. The number of benzene rings is 1. The number of aryl methyl sites for hydroxylation is 1. The Bertz CT molecular complexity index is 578. The number of rotatable bonds is 4. The summed E-state index contributed by atoms with van der Waals surface area (Å²) in [7, 11) is 3.38. The van der Waals surface area contributed by atoms with Crippen molar-refractivity contribution in [1.29, 1.82) is 0 Å². The fourth-order valence-corrected chi connectivity index (χ4v) is 2.22. The van der Waals surface area contributed by atoms with Gasteiger partial charge in [0.1, 0.15) is 0 Å². The molecular weight excluding hydrogens is 256 g/mol. The van der Waals surface area contributed by atoms with Crippen molar-refractivity contribution in [2.24, 2.45) is 0 Å². The summed E-state index contributed by atoms with van der Waals surface area (Å²) in [6.45, 7) is 2.17. The molecule has 1 aromatic rings. The van der Waals surface area contributed by atoms with Crippen LogP contribution in [0.1, 0.15) is 39.1 Å². The number of imide groups is 1. The Labute approximate surface area is 118 Å². The van der Waals surface area contributed by atoms with E-state index in [0.29, 0.717) is 24.0 Å². The summed E-state index contributed by atoms with van der Waals surface area (Å²) in [5, 5.41) is 0. The molecule has 106 valence electrons. The SMILES string of the molecule is Cc1ccc2c(c1)C(=O)N(CCCC(=O)N(C)C)C2=O.